The number of hydrogen-bond donors (Lipinski definition) is 1. The maximum atomic E-state index is 12.9. The molecule has 1 aromatic carbocycles. The minimum Gasteiger partial charge on any atom is -0.332 e. The highest BCUT2D eigenvalue weighted by atomic mass is 35.5. The van der Waals surface area contributed by atoms with Crippen LogP contribution in [0.1, 0.15) is 25.7 Å². The summed E-state index contributed by atoms with van der Waals surface area (Å²) in [4.78, 5) is 25.4. The first-order valence-electron chi connectivity index (χ1n) is 8.89. The van der Waals surface area contributed by atoms with Gasteiger partial charge in [-0.2, -0.15) is 4.31 Å². The third-order valence-electron chi connectivity index (χ3n) is 4.60. The SMILES string of the molecule is O=C(CCN1CCSC1=O)Nc1ccc(Cl)c(S(=O)(=O)N2CCCCC2)c1. The van der Waals surface area contributed by atoms with E-state index in [0.717, 1.165) is 25.0 Å². The molecular weight excluding hydrogens is 410 g/mol. The Morgan fingerprint density at radius 1 is 1.19 bits per heavy atom. The second-order valence-electron chi connectivity index (χ2n) is 6.51. The maximum absolute atomic E-state index is 12.9. The summed E-state index contributed by atoms with van der Waals surface area (Å²) in [6.45, 7) is 1.97. The van der Waals surface area contributed by atoms with E-state index in [4.69, 9.17) is 11.6 Å². The monoisotopic (exact) mass is 431 g/mol. The summed E-state index contributed by atoms with van der Waals surface area (Å²) in [6.07, 6.45) is 2.85. The highest BCUT2D eigenvalue weighted by molar-refractivity contribution is 8.13. The molecule has 0 aliphatic carbocycles. The number of benzene rings is 1. The Labute approximate surface area is 168 Å². The number of carbonyl (C=O) groups excluding carboxylic acids is 2. The van der Waals surface area contributed by atoms with Crippen molar-refractivity contribution in [3.8, 4) is 0 Å². The summed E-state index contributed by atoms with van der Waals surface area (Å²) in [5.74, 6) is 0.471. The van der Waals surface area contributed by atoms with Crippen molar-refractivity contribution < 1.29 is 18.0 Å². The van der Waals surface area contributed by atoms with E-state index in [-0.39, 0.29) is 27.5 Å². The van der Waals surface area contributed by atoms with Crippen LogP contribution in [0.4, 0.5) is 10.5 Å². The summed E-state index contributed by atoms with van der Waals surface area (Å²) in [7, 11) is -3.69. The van der Waals surface area contributed by atoms with Gasteiger partial charge in [0.1, 0.15) is 4.90 Å². The van der Waals surface area contributed by atoms with Crippen LogP contribution >= 0.6 is 23.4 Å². The zero-order valence-corrected chi connectivity index (χ0v) is 17.2. The molecule has 0 aromatic heterocycles. The molecule has 10 heteroatoms. The van der Waals surface area contributed by atoms with Crippen LogP contribution in [0.25, 0.3) is 0 Å². The van der Waals surface area contributed by atoms with Crippen molar-refractivity contribution in [1.82, 2.24) is 9.21 Å². The van der Waals surface area contributed by atoms with Crippen LogP contribution in [0.2, 0.25) is 5.02 Å². The fourth-order valence-electron chi connectivity index (χ4n) is 3.11. The van der Waals surface area contributed by atoms with Crippen LogP contribution in [-0.2, 0) is 14.8 Å². The number of rotatable bonds is 6. The molecule has 7 nitrogen and oxygen atoms in total. The van der Waals surface area contributed by atoms with Gasteiger partial charge in [0.2, 0.25) is 15.9 Å². The minimum absolute atomic E-state index is 0.00925. The molecule has 0 saturated carbocycles. The largest absolute Gasteiger partial charge is 0.332 e. The third kappa shape index (κ3) is 4.96. The molecule has 27 heavy (non-hydrogen) atoms. The molecule has 2 aliphatic rings. The van der Waals surface area contributed by atoms with Crippen molar-refractivity contribution in [2.75, 3.05) is 37.2 Å². The number of halogens is 1. The Morgan fingerprint density at radius 3 is 2.59 bits per heavy atom. The molecule has 1 N–H and O–H groups in total. The van der Waals surface area contributed by atoms with E-state index in [1.165, 1.54) is 28.2 Å². The molecule has 148 valence electrons. The van der Waals surface area contributed by atoms with Gasteiger partial charge in [-0.05, 0) is 31.0 Å². The van der Waals surface area contributed by atoms with Crippen molar-refractivity contribution in [3.05, 3.63) is 23.2 Å². The van der Waals surface area contributed by atoms with E-state index in [9.17, 15) is 18.0 Å². The quantitative estimate of drug-likeness (QED) is 0.748. The van der Waals surface area contributed by atoms with Gasteiger partial charge in [-0.25, -0.2) is 8.42 Å². The third-order valence-corrected chi connectivity index (χ3v) is 7.87. The normalized spacial score (nSPS) is 18.7. The second-order valence-corrected chi connectivity index (χ2v) is 9.87. The predicted octanol–water partition coefficient (Wildman–Crippen LogP) is 3.01. The van der Waals surface area contributed by atoms with Gasteiger partial charge in [0.05, 0.1) is 5.02 Å². The number of thioether (sulfide) groups is 1. The molecule has 0 unspecified atom stereocenters. The lowest BCUT2D eigenvalue weighted by Gasteiger charge is -2.26. The summed E-state index contributed by atoms with van der Waals surface area (Å²) in [5, 5.41) is 2.83. The molecule has 0 atom stereocenters. The average Bonchev–Trinajstić information content (AvgIpc) is 3.07. The molecule has 0 spiro atoms. The number of nitrogens with one attached hydrogen (secondary N) is 1. The van der Waals surface area contributed by atoms with Crippen molar-refractivity contribution in [2.45, 2.75) is 30.6 Å². The van der Waals surface area contributed by atoms with Crippen LogP contribution in [0.3, 0.4) is 0 Å². The van der Waals surface area contributed by atoms with Crippen LogP contribution in [-0.4, -0.2) is 60.7 Å². The van der Waals surface area contributed by atoms with Gasteiger partial charge in [-0.3, -0.25) is 9.59 Å². The number of nitrogens with zero attached hydrogens (tertiary/aromatic N) is 2. The van der Waals surface area contributed by atoms with Crippen LogP contribution in [0.15, 0.2) is 23.1 Å². The number of piperidine rings is 1. The lowest BCUT2D eigenvalue weighted by Crippen LogP contribution is -2.35. The fraction of sp³-hybridized carbons (Fsp3) is 0.529. The predicted molar refractivity (Wildman–Crippen MR) is 107 cm³/mol. The molecule has 2 fully saturated rings. The van der Waals surface area contributed by atoms with Crippen molar-refractivity contribution >= 4 is 50.2 Å². The number of anilines is 1. The summed E-state index contributed by atoms with van der Waals surface area (Å²) < 4.78 is 27.2. The summed E-state index contributed by atoms with van der Waals surface area (Å²) in [5.41, 5.74) is 0.377. The Bertz CT molecular complexity index is 825. The molecule has 0 bridgehead atoms. The Balaban J connectivity index is 1.67. The van der Waals surface area contributed by atoms with Gasteiger partial charge in [0.25, 0.3) is 5.24 Å². The fourth-order valence-corrected chi connectivity index (χ4v) is 5.98. The lowest BCUT2D eigenvalue weighted by molar-refractivity contribution is -0.116. The Hall–Kier alpha value is -1.29. The van der Waals surface area contributed by atoms with Gasteiger partial charge in [-0.15, -0.1) is 0 Å². The van der Waals surface area contributed by atoms with E-state index in [1.54, 1.807) is 11.0 Å². The minimum atomic E-state index is -3.69. The molecule has 2 heterocycles. The van der Waals surface area contributed by atoms with Gasteiger partial charge < -0.3 is 10.2 Å². The van der Waals surface area contributed by atoms with E-state index in [0.29, 0.717) is 31.9 Å². The molecule has 0 radical (unpaired) electrons. The van der Waals surface area contributed by atoms with E-state index in [1.807, 2.05) is 0 Å². The highest BCUT2D eigenvalue weighted by Gasteiger charge is 2.28. The van der Waals surface area contributed by atoms with Crippen LogP contribution < -0.4 is 5.32 Å². The Kier molecular flexibility index (Phi) is 6.67. The standard InChI is InChI=1S/C17H22ClN3O4S2/c18-14-5-4-13(19-16(22)6-9-20-10-11-26-17(20)23)12-15(14)27(24,25)21-7-2-1-3-8-21/h4-5,12H,1-3,6-11H2,(H,19,22). The molecule has 1 aromatic rings. The van der Waals surface area contributed by atoms with Crippen molar-refractivity contribution in [2.24, 2.45) is 0 Å². The van der Waals surface area contributed by atoms with Crippen molar-refractivity contribution in [1.29, 1.82) is 0 Å². The first-order valence-corrected chi connectivity index (χ1v) is 11.7. The molecule has 2 amide bonds. The zero-order chi connectivity index (χ0) is 19.4. The van der Waals surface area contributed by atoms with Gasteiger partial charge in [0.15, 0.2) is 0 Å². The van der Waals surface area contributed by atoms with Crippen molar-refractivity contribution in [3.63, 3.8) is 0 Å². The summed E-state index contributed by atoms with van der Waals surface area (Å²) in [6, 6.07) is 4.46. The maximum Gasteiger partial charge on any atom is 0.281 e. The second kappa shape index (κ2) is 8.81. The Morgan fingerprint density at radius 2 is 1.93 bits per heavy atom. The lowest BCUT2D eigenvalue weighted by atomic mass is 10.2. The average molecular weight is 432 g/mol. The highest BCUT2D eigenvalue weighted by Crippen LogP contribution is 2.29. The van der Waals surface area contributed by atoms with Crippen LogP contribution in [0.5, 0.6) is 0 Å². The topological polar surface area (TPSA) is 86.8 Å². The van der Waals surface area contributed by atoms with Gasteiger partial charge >= 0.3 is 0 Å². The van der Waals surface area contributed by atoms with Gasteiger partial charge in [0, 0.05) is 44.0 Å². The first-order chi connectivity index (χ1) is 12.9. The molecule has 2 saturated heterocycles. The van der Waals surface area contributed by atoms with E-state index < -0.39 is 10.0 Å². The molecule has 3 rings (SSSR count). The first kappa shape index (κ1) is 20.4. The van der Waals surface area contributed by atoms with E-state index >= 15 is 0 Å². The number of hydrogen-bond acceptors (Lipinski definition) is 5. The number of sulfonamides is 1. The number of amides is 2. The van der Waals surface area contributed by atoms with Crippen LogP contribution in [0, 0.1) is 0 Å². The molecular formula is C17H22ClN3O4S2. The van der Waals surface area contributed by atoms with E-state index in [2.05, 4.69) is 5.32 Å². The number of carbonyl (C=O) groups is 2. The van der Waals surface area contributed by atoms with Gasteiger partial charge in [-0.1, -0.05) is 29.8 Å². The zero-order valence-electron chi connectivity index (χ0n) is 14.8. The summed E-state index contributed by atoms with van der Waals surface area (Å²) >= 11 is 7.38. The smallest absolute Gasteiger partial charge is 0.281 e. The molecule has 2 aliphatic heterocycles.